The van der Waals surface area contributed by atoms with Crippen molar-refractivity contribution >= 4 is 19.8 Å². The van der Waals surface area contributed by atoms with Gasteiger partial charge in [0.25, 0.3) is 0 Å². The summed E-state index contributed by atoms with van der Waals surface area (Å²) in [7, 11) is -5.13. The second-order valence-electron chi connectivity index (χ2n) is 14.8. The van der Waals surface area contributed by atoms with Crippen LogP contribution >= 0.6 is 7.82 Å². The molecule has 6 unspecified atom stereocenters. The highest BCUT2D eigenvalue weighted by Crippen LogP contribution is 2.47. The van der Waals surface area contributed by atoms with E-state index in [4.69, 9.17) is 18.5 Å². The minimum atomic E-state index is -5.13. The molecule has 0 radical (unpaired) electrons. The summed E-state index contributed by atoms with van der Waals surface area (Å²) in [5, 5.41) is 50.1. The van der Waals surface area contributed by atoms with E-state index in [1.807, 2.05) is 0 Å². The van der Waals surface area contributed by atoms with Crippen LogP contribution in [0.1, 0.15) is 142 Å². The topological polar surface area (TPSA) is 210 Å². The Bertz CT molecular complexity index is 1310. The van der Waals surface area contributed by atoms with Gasteiger partial charge in [0.1, 0.15) is 43.2 Å². The van der Waals surface area contributed by atoms with Gasteiger partial charge in [-0.2, -0.15) is 0 Å². The summed E-state index contributed by atoms with van der Waals surface area (Å²) in [4.78, 5) is 35.6. The van der Waals surface area contributed by atoms with E-state index >= 15 is 0 Å². The Morgan fingerprint density at radius 2 is 0.966 bits per heavy atom. The van der Waals surface area contributed by atoms with Gasteiger partial charge >= 0.3 is 19.8 Å². The fourth-order valence-corrected chi connectivity index (χ4v) is 6.97. The lowest BCUT2D eigenvalue weighted by molar-refractivity contribution is -0.220. The zero-order valence-corrected chi connectivity index (χ0v) is 36.4. The van der Waals surface area contributed by atoms with Crippen molar-refractivity contribution in [3.8, 4) is 0 Å². The molecule has 0 saturated heterocycles. The lowest BCUT2D eigenvalue weighted by atomic mass is 9.85. The van der Waals surface area contributed by atoms with E-state index in [1.54, 1.807) is 0 Å². The van der Waals surface area contributed by atoms with E-state index in [1.165, 1.54) is 12.8 Å². The van der Waals surface area contributed by atoms with Crippen LogP contribution in [0.15, 0.2) is 72.9 Å². The monoisotopic (exact) mass is 854 g/mol. The third-order valence-electron chi connectivity index (χ3n) is 9.53. The molecule has 59 heavy (non-hydrogen) atoms. The van der Waals surface area contributed by atoms with Crippen LogP contribution in [0.25, 0.3) is 0 Å². The number of rotatable bonds is 34. The molecule has 14 heteroatoms. The molecule has 1 rings (SSSR count). The van der Waals surface area contributed by atoms with Crippen LogP contribution in [0.2, 0.25) is 0 Å². The number of phosphoric acid groups is 1. The van der Waals surface area contributed by atoms with Crippen molar-refractivity contribution in [1.29, 1.82) is 0 Å². The van der Waals surface area contributed by atoms with Crippen LogP contribution in [-0.2, 0) is 32.7 Å². The molecule has 0 bridgehead atoms. The highest BCUT2D eigenvalue weighted by Gasteiger charge is 2.51. The zero-order valence-electron chi connectivity index (χ0n) is 35.5. The summed E-state index contributed by atoms with van der Waals surface area (Å²) < 4.78 is 33.4. The molecule has 8 atom stereocenters. The second-order valence-corrected chi connectivity index (χ2v) is 16.2. The molecule has 13 nitrogen and oxygen atoms in total. The van der Waals surface area contributed by atoms with E-state index in [-0.39, 0.29) is 12.8 Å². The first-order chi connectivity index (χ1) is 28.4. The number of phosphoric ester groups is 1. The van der Waals surface area contributed by atoms with Gasteiger partial charge in [-0.25, -0.2) is 4.57 Å². The Kier molecular flexibility index (Phi) is 32.2. The molecule has 338 valence electrons. The molecule has 0 aromatic carbocycles. The molecule has 0 amide bonds. The number of hydrogen-bond acceptors (Lipinski definition) is 12. The first kappa shape index (κ1) is 54.3. The van der Waals surface area contributed by atoms with Crippen molar-refractivity contribution in [2.75, 3.05) is 13.2 Å². The number of carbonyl (C=O) groups excluding carboxylic acids is 2. The van der Waals surface area contributed by atoms with Crippen molar-refractivity contribution in [3.63, 3.8) is 0 Å². The molecule has 0 aromatic rings. The number of esters is 2. The van der Waals surface area contributed by atoms with Crippen LogP contribution in [0.5, 0.6) is 0 Å². The predicted octanol–water partition coefficient (Wildman–Crippen LogP) is 7.94. The molecule has 0 spiro atoms. The smallest absolute Gasteiger partial charge is 0.462 e. The van der Waals surface area contributed by atoms with Gasteiger partial charge in [0, 0.05) is 12.8 Å². The van der Waals surface area contributed by atoms with E-state index in [0.29, 0.717) is 12.8 Å². The molecule has 1 aliphatic rings. The summed E-state index contributed by atoms with van der Waals surface area (Å²) in [5.74, 6) is -1.16. The molecular formula is C45H75O13P. The van der Waals surface area contributed by atoms with Gasteiger partial charge in [-0.05, 0) is 77.0 Å². The Labute approximate surface area is 353 Å². The van der Waals surface area contributed by atoms with Gasteiger partial charge < -0.3 is 39.9 Å². The summed E-state index contributed by atoms with van der Waals surface area (Å²) in [5.41, 5.74) is 0. The number of hydrogen-bond donors (Lipinski definition) is 6. The van der Waals surface area contributed by atoms with E-state index in [2.05, 4.69) is 86.8 Å². The van der Waals surface area contributed by atoms with Gasteiger partial charge in [0.05, 0.1) is 6.61 Å². The van der Waals surface area contributed by atoms with Crippen molar-refractivity contribution in [2.45, 2.75) is 185 Å². The minimum Gasteiger partial charge on any atom is -0.462 e. The summed E-state index contributed by atoms with van der Waals surface area (Å²) in [6.45, 7) is 3.08. The second kappa shape index (κ2) is 34.9. The van der Waals surface area contributed by atoms with Crippen LogP contribution in [0.3, 0.4) is 0 Å². The van der Waals surface area contributed by atoms with Crippen molar-refractivity contribution in [2.24, 2.45) is 0 Å². The normalized spacial score (nSPS) is 23.1. The number of unbranched alkanes of at least 4 members (excludes halogenated alkanes) is 10. The fourth-order valence-electron chi connectivity index (χ4n) is 6.00. The lowest BCUT2D eigenvalue weighted by Crippen LogP contribution is -2.64. The average Bonchev–Trinajstić information content (AvgIpc) is 3.21. The molecule has 0 aromatic heterocycles. The zero-order chi connectivity index (χ0) is 43.6. The van der Waals surface area contributed by atoms with Crippen LogP contribution in [0.4, 0.5) is 0 Å². The SMILES string of the molecule is CC/C=C/C/C=C/C/C=C/C/C=C/C/C=C/CCCCCC(=O)O[C@H](COC(=O)CCCCCCC/C=C/CCCC)COP(=O)(O)OC1C(O)C(O)C(O)[C@H](O)C1O. The highest BCUT2D eigenvalue weighted by atomic mass is 31.2. The van der Waals surface area contributed by atoms with Gasteiger partial charge in [-0.3, -0.25) is 18.6 Å². The lowest BCUT2D eigenvalue weighted by Gasteiger charge is -2.41. The Balaban J connectivity index is 2.52. The van der Waals surface area contributed by atoms with Crippen molar-refractivity contribution in [3.05, 3.63) is 72.9 Å². The van der Waals surface area contributed by atoms with Crippen LogP contribution < -0.4 is 0 Å². The van der Waals surface area contributed by atoms with Crippen LogP contribution in [-0.4, -0.2) is 98.3 Å². The third-order valence-corrected chi connectivity index (χ3v) is 10.5. The number of allylic oxidation sites excluding steroid dienone is 12. The summed E-state index contributed by atoms with van der Waals surface area (Å²) in [6, 6.07) is 0. The average molecular weight is 855 g/mol. The maximum absolute atomic E-state index is 12.8. The largest absolute Gasteiger partial charge is 0.472 e. The third kappa shape index (κ3) is 27.7. The van der Waals surface area contributed by atoms with Gasteiger partial charge in [-0.15, -0.1) is 0 Å². The molecule has 0 heterocycles. The predicted molar refractivity (Wildman–Crippen MR) is 230 cm³/mol. The fraction of sp³-hybridized carbons (Fsp3) is 0.689. The number of carbonyl (C=O) groups is 2. The minimum absolute atomic E-state index is 0.0521. The molecular weight excluding hydrogens is 779 g/mol. The molecule has 0 aliphatic heterocycles. The maximum atomic E-state index is 12.8. The Morgan fingerprint density at radius 3 is 1.51 bits per heavy atom. The summed E-state index contributed by atoms with van der Waals surface area (Å²) >= 11 is 0. The molecule has 1 fully saturated rings. The van der Waals surface area contributed by atoms with Gasteiger partial charge in [0.15, 0.2) is 6.10 Å². The van der Waals surface area contributed by atoms with Gasteiger partial charge in [0.2, 0.25) is 0 Å². The first-order valence-electron chi connectivity index (χ1n) is 21.7. The van der Waals surface area contributed by atoms with Crippen LogP contribution in [0, 0.1) is 0 Å². The number of aliphatic hydroxyl groups excluding tert-OH is 5. The number of aliphatic hydroxyl groups is 5. The number of ether oxygens (including phenoxy) is 2. The summed E-state index contributed by atoms with van der Waals surface area (Å²) in [6.07, 6.45) is 29.7. The first-order valence-corrected chi connectivity index (χ1v) is 23.2. The van der Waals surface area contributed by atoms with Crippen molar-refractivity contribution in [1.82, 2.24) is 0 Å². The maximum Gasteiger partial charge on any atom is 0.472 e. The highest BCUT2D eigenvalue weighted by molar-refractivity contribution is 7.47. The molecule has 1 saturated carbocycles. The standard InChI is InChI=1S/C45H75O13P/c1-3-5-7-9-11-13-15-16-17-18-19-20-21-22-24-26-28-30-32-34-39(47)57-37(35-55-38(46)33-31-29-27-25-23-14-12-10-8-6-4-2)36-56-59(53,54)58-45-43(51)41(49)40(48)42(50)44(45)52/h5,7,10-13,16-17,19-20,22,24,37,40-45,48-52H,3-4,6,8-9,14-15,18,21,23,25-36H2,1-2H3,(H,53,54)/b7-5+,12-10+,13-11+,17-16+,20-19+,24-22+/t37-,40?,41+,42?,43?,44?,45?/m1/s1. The van der Waals surface area contributed by atoms with Gasteiger partial charge in [-0.1, -0.05) is 125 Å². The van der Waals surface area contributed by atoms with E-state index in [0.717, 1.165) is 89.9 Å². The van der Waals surface area contributed by atoms with Crippen molar-refractivity contribution < 1.29 is 63.1 Å². The molecule has 1 aliphatic carbocycles. The van der Waals surface area contributed by atoms with E-state index < -0.39 is 75.7 Å². The van der Waals surface area contributed by atoms with E-state index in [9.17, 15) is 44.6 Å². The quantitative estimate of drug-likeness (QED) is 0.0157. The molecule has 6 N–H and O–H groups in total. The Hall–Kier alpha value is -2.71. The Morgan fingerprint density at radius 1 is 0.542 bits per heavy atom.